The van der Waals surface area contributed by atoms with E-state index >= 15 is 0 Å². The van der Waals surface area contributed by atoms with Crippen LogP contribution in [-0.2, 0) is 32.0 Å². The molecule has 0 spiro atoms. The van der Waals surface area contributed by atoms with Crippen LogP contribution in [0.4, 0.5) is 9.59 Å². The third kappa shape index (κ3) is 15.3. The number of hydrogen-bond donors (Lipinski definition) is 0. The van der Waals surface area contributed by atoms with Crippen LogP contribution in [0.5, 0.6) is 0 Å². The second-order valence-corrected chi connectivity index (χ2v) is 11.6. The first-order valence-electron chi connectivity index (χ1n) is 16.9. The first-order valence-corrected chi connectivity index (χ1v) is 16.9. The summed E-state index contributed by atoms with van der Waals surface area (Å²) < 4.78 is 24.3. The van der Waals surface area contributed by atoms with E-state index in [4.69, 9.17) is 18.9 Å². The number of carbonyl (C=O) groups is 2. The van der Waals surface area contributed by atoms with Gasteiger partial charge >= 0.3 is 12.2 Å². The van der Waals surface area contributed by atoms with Gasteiger partial charge in [0.1, 0.15) is 19.7 Å². The van der Waals surface area contributed by atoms with Crippen LogP contribution in [0.3, 0.4) is 0 Å². The smallest absolute Gasteiger partial charge is 0.419 e. The van der Waals surface area contributed by atoms with Gasteiger partial charge in [0.2, 0.25) is 5.69 Å². The van der Waals surface area contributed by atoms with Gasteiger partial charge in [-0.1, -0.05) is 96.5 Å². The Morgan fingerprint density at radius 2 is 1.45 bits per heavy atom. The predicted octanol–water partition coefficient (Wildman–Crippen LogP) is 7.99. The average Bonchev–Trinajstić information content (AvgIpc) is 3.46. The molecule has 240 valence electrons. The van der Waals surface area contributed by atoms with E-state index in [-0.39, 0.29) is 25.9 Å². The van der Waals surface area contributed by atoms with Crippen LogP contribution in [0, 0.1) is 5.92 Å². The number of ether oxygens (including phenoxy) is 4. The minimum Gasteiger partial charge on any atom is -0.449 e. The van der Waals surface area contributed by atoms with Crippen LogP contribution < -0.4 is 4.57 Å². The normalized spacial score (nSPS) is 16.5. The van der Waals surface area contributed by atoms with Crippen molar-refractivity contribution in [3.8, 4) is 0 Å². The maximum Gasteiger partial charge on any atom is 0.419 e. The Balaban J connectivity index is 1.52. The lowest BCUT2D eigenvalue weighted by Crippen LogP contribution is -2.44. The maximum absolute atomic E-state index is 12.9. The topological polar surface area (TPSA) is 78.2 Å². The SMILES string of the molecule is CCCCCCCCCCCCCCCCOC[C@H]1CO[C@H](COC(=O)N(Cc2cccc[n+]2CC)C(=O)OCC)C1. The second-order valence-electron chi connectivity index (χ2n) is 11.6. The number of imide groups is 1. The van der Waals surface area contributed by atoms with Crippen molar-refractivity contribution < 1.29 is 33.1 Å². The quantitative estimate of drug-likeness (QED) is 0.0948. The van der Waals surface area contributed by atoms with E-state index in [0.717, 1.165) is 36.6 Å². The summed E-state index contributed by atoms with van der Waals surface area (Å²) in [6.07, 6.45) is 20.0. The zero-order valence-corrected chi connectivity index (χ0v) is 26.9. The number of nitrogens with zero attached hydrogens (tertiary/aromatic N) is 2. The Bertz CT molecular complexity index is 851. The minimum atomic E-state index is -0.721. The second kappa shape index (κ2) is 23.3. The van der Waals surface area contributed by atoms with Gasteiger partial charge in [0.05, 0.1) is 25.9 Å². The Hall–Kier alpha value is -2.19. The molecule has 42 heavy (non-hydrogen) atoms. The van der Waals surface area contributed by atoms with Gasteiger partial charge in [-0.3, -0.25) is 0 Å². The zero-order valence-electron chi connectivity index (χ0n) is 26.9. The lowest BCUT2D eigenvalue weighted by molar-refractivity contribution is -0.701. The van der Waals surface area contributed by atoms with Crippen molar-refractivity contribution in [2.24, 2.45) is 5.92 Å². The van der Waals surface area contributed by atoms with Gasteiger partial charge < -0.3 is 18.9 Å². The summed E-state index contributed by atoms with van der Waals surface area (Å²) in [6, 6.07) is 5.67. The molecule has 2 atom stereocenters. The molecule has 2 rings (SSSR count). The number of amides is 2. The molecule has 0 N–H and O–H groups in total. The van der Waals surface area contributed by atoms with Crippen LogP contribution in [0.25, 0.3) is 0 Å². The van der Waals surface area contributed by atoms with E-state index in [1.165, 1.54) is 83.5 Å². The molecule has 1 fully saturated rings. The first kappa shape index (κ1) is 36.0. The number of carbonyl (C=O) groups excluding carboxylic acids is 2. The van der Waals surface area contributed by atoms with Crippen LogP contribution in [0.2, 0.25) is 0 Å². The molecule has 0 aliphatic carbocycles. The average molecular weight is 592 g/mol. The standard InChI is InChI=1S/C34H59N2O6/c1-4-7-8-9-10-11-12-13-14-15-16-17-18-21-24-39-27-30-25-32(41-28-30)29-42-34(38)36(33(37)40-6-3)26-31-22-19-20-23-35(31)5-2/h19-20,22-23,30,32H,4-18,21,24-29H2,1-3H3/q+1/t30-,32-/m0/s1. The van der Waals surface area contributed by atoms with Gasteiger partial charge in [0.25, 0.3) is 0 Å². The van der Waals surface area contributed by atoms with Crippen LogP contribution in [0.1, 0.15) is 123 Å². The number of rotatable bonds is 23. The molecule has 0 bridgehead atoms. The molecule has 1 aromatic rings. The molecule has 0 unspecified atom stereocenters. The summed E-state index contributed by atoms with van der Waals surface area (Å²) in [5.74, 6) is 0.300. The predicted molar refractivity (Wildman–Crippen MR) is 165 cm³/mol. The number of hydrogen-bond acceptors (Lipinski definition) is 6. The molecule has 8 heteroatoms. The van der Waals surface area contributed by atoms with E-state index in [2.05, 4.69) is 6.92 Å². The van der Waals surface area contributed by atoms with Crippen molar-refractivity contribution in [2.45, 2.75) is 136 Å². The summed E-state index contributed by atoms with van der Waals surface area (Å²) in [7, 11) is 0. The highest BCUT2D eigenvalue weighted by molar-refractivity contribution is 5.87. The molecule has 0 radical (unpaired) electrons. The largest absolute Gasteiger partial charge is 0.449 e. The highest BCUT2D eigenvalue weighted by atomic mass is 16.6. The van der Waals surface area contributed by atoms with Crippen LogP contribution in [-0.4, -0.2) is 56.2 Å². The van der Waals surface area contributed by atoms with Crippen molar-refractivity contribution in [1.82, 2.24) is 4.90 Å². The molecule has 0 saturated carbocycles. The van der Waals surface area contributed by atoms with E-state index < -0.39 is 12.2 Å². The zero-order chi connectivity index (χ0) is 30.3. The summed E-state index contributed by atoms with van der Waals surface area (Å²) >= 11 is 0. The van der Waals surface area contributed by atoms with E-state index in [9.17, 15) is 9.59 Å². The fourth-order valence-corrected chi connectivity index (χ4v) is 5.43. The lowest BCUT2D eigenvalue weighted by atomic mass is 10.0. The van der Waals surface area contributed by atoms with Gasteiger partial charge in [-0.05, 0) is 26.7 Å². The molecule has 1 aliphatic rings. The van der Waals surface area contributed by atoms with E-state index in [1.807, 2.05) is 35.9 Å². The highest BCUT2D eigenvalue weighted by Crippen LogP contribution is 2.21. The van der Waals surface area contributed by atoms with Crippen molar-refractivity contribution in [1.29, 1.82) is 0 Å². The lowest BCUT2D eigenvalue weighted by Gasteiger charge is -2.20. The monoisotopic (exact) mass is 591 g/mol. The Kier molecular flexibility index (Phi) is 20.0. The van der Waals surface area contributed by atoms with Crippen molar-refractivity contribution in [2.75, 3.05) is 33.0 Å². The molecule has 8 nitrogen and oxygen atoms in total. The molecular weight excluding hydrogens is 532 g/mol. The van der Waals surface area contributed by atoms with E-state index in [0.29, 0.717) is 19.1 Å². The molecule has 1 saturated heterocycles. The molecule has 0 aromatic carbocycles. The summed E-state index contributed by atoms with van der Waals surface area (Å²) in [5.41, 5.74) is 0.818. The molecule has 1 aromatic heterocycles. The third-order valence-corrected chi connectivity index (χ3v) is 7.96. The fraction of sp³-hybridized carbons (Fsp3) is 0.794. The fourth-order valence-electron chi connectivity index (χ4n) is 5.43. The van der Waals surface area contributed by atoms with Crippen LogP contribution in [0.15, 0.2) is 24.4 Å². The summed E-state index contributed by atoms with van der Waals surface area (Å²) in [6.45, 7) is 9.14. The molecule has 2 heterocycles. The van der Waals surface area contributed by atoms with Gasteiger partial charge in [-0.15, -0.1) is 0 Å². The number of aryl methyl sites for hydroxylation is 1. The Morgan fingerprint density at radius 3 is 2.07 bits per heavy atom. The van der Waals surface area contributed by atoms with Gasteiger partial charge in [0.15, 0.2) is 6.20 Å². The molecule has 1 aliphatic heterocycles. The van der Waals surface area contributed by atoms with Crippen molar-refractivity contribution in [3.05, 3.63) is 30.1 Å². The van der Waals surface area contributed by atoms with E-state index in [1.54, 1.807) is 6.92 Å². The minimum absolute atomic E-state index is 0.0770. The summed E-state index contributed by atoms with van der Waals surface area (Å²) in [5, 5.41) is 0. The molecular formula is C34H59N2O6+. The highest BCUT2D eigenvalue weighted by Gasteiger charge is 2.31. The number of unbranched alkanes of at least 4 members (excludes halogenated alkanes) is 13. The van der Waals surface area contributed by atoms with Gasteiger partial charge in [-0.25, -0.2) is 19.1 Å². The Morgan fingerprint density at radius 1 is 0.833 bits per heavy atom. The van der Waals surface area contributed by atoms with Crippen molar-refractivity contribution in [3.63, 3.8) is 0 Å². The van der Waals surface area contributed by atoms with Crippen LogP contribution >= 0.6 is 0 Å². The summed E-state index contributed by atoms with van der Waals surface area (Å²) in [4.78, 5) is 26.4. The van der Waals surface area contributed by atoms with Gasteiger partial charge in [-0.2, -0.15) is 0 Å². The maximum atomic E-state index is 12.9. The Labute approximate surface area is 255 Å². The number of aromatic nitrogens is 1. The first-order chi connectivity index (χ1) is 20.6. The third-order valence-electron chi connectivity index (χ3n) is 7.96. The van der Waals surface area contributed by atoms with Gasteiger partial charge in [0, 0.05) is 24.7 Å². The number of pyridine rings is 1. The van der Waals surface area contributed by atoms with Crippen molar-refractivity contribution >= 4 is 12.2 Å². The molecule has 2 amide bonds.